The minimum atomic E-state index is -4.90. The number of carbonyl (C=O) groups excluding carboxylic acids is 1. The summed E-state index contributed by atoms with van der Waals surface area (Å²) in [5.41, 5.74) is 6.91. The lowest BCUT2D eigenvalue weighted by molar-refractivity contribution is -0.152. The summed E-state index contributed by atoms with van der Waals surface area (Å²) >= 11 is 0. The number of nitrogens with zero attached hydrogens (tertiary/aromatic N) is 4. The molecular formula is C18H23F3N4O5. The van der Waals surface area contributed by atoms with Crippen molar-refractivity contribution in [3.05, 3.63) is 38.8 Å². The lowest BCUT2D eigenvalue weighted by Crippen LogP contribution is -2.42. The van der Waals surface area contributed by atoms with Gasteiger partial charge in [-0.15, -0.1) is 0 Å². The number of piperidine rings is 1. The lowest BCUT2D eigenvalue weighted by Gasteiger charge is -2.33. The average Bonchev–Trinajstić information content (AvgIpc) is 2.63. The van der Waals surface area contributed by atoms with Gasteiger partial charge in [0, 0.05) is 24.1 Å². The van der Waals surface area contributed by atoms with Crippen LogP contribution in [0.15, 0.2) is 26.7 Å². The minimum Gasteiger partial charge on any atom is -0.486 e. The van der Waals surface area contributed by atoms with Crippen LogP contribution in [0.5, 0.6) is 5.75 Å². The van der Waals surface area contributed by atoms with Gasteiger partial charge in [0.2, 0.25) is 11.2 Å². The van der Waals surface area contributed by atoms with Gasteiger partial charge in [0.05, 0.1) is 6.61 Å². The second-order valence-electron chi connectivity index (χ2n) is 7.88. The Bertz CT molecular complexity index is 851. The summed E-state index contributed by atoms with van der Waals surface area (Å²) in [6.45, 7) is 6.43. The van der Waals surface area contributed by atoms with E-state index in [1.54, 1.807) is 25.7 Å². The summed E-state index contributed by atoms with van der Waals surface area (Å²) in [5.74, 6) is -1.01. The third-order valence-corrected chi connectivity index (χ3v) is 4.31. The molecule has 0 aliphatic carbocycles. The Hall–Kier alpha value is -2.88. The van der Waals surface area contributed by atoms with Crippen LogP contribution in [0.2, 0.25) is 0 Å². The maximum Gasteiger partial charge on any atom is 0.410 e. The van der Waals surface area contributed by atoms with Crippen molar-refractivity contribution in [3.8, 4) is 5.75 Å². The molecule has 1 unspecified atom stereocenters. The van der Waals surface area contributed by atoms with Crippen molar-refractivity contribution in [2.45, 2.75) is 51.4 Å². The summed E-state index contributed by atoms with van der Waals surface area (Å²) in [5, 5.41) is 2.64. The van der Waals surface area contributed by atoms with E-state index in [0.29, 0.717) is 32.0 Å². The molecule has 0 bridgehead atoms. The molecular weight excluding hydrogens is 409 g/mol. The Kier molecular flexibility index (Phi) is 7.25. The number of hydrogen-bond donors (Lipinski definition) is 0. The fourth-order valence-electron chi connectivity index (χ4n) is 2.81. The largest absolute Gasteiger partial charge is 0.486 e. The van der Waals surface area contributed by atoms with Crippen molar-refractivity contribution in [2.24, 2.45) is 11.0 Å². The van der Waals surface area contributed by atoms with Crippen molar-refractivity contribution in [3.63, 3.8) is 0 Å². The molecule has 0 aromatic carbocycles. The molecule has 1 aromatic rings. The second-order valence-corrected chi connectivity index (χ2v) is 7.88. The molecule has 1 atom stereocenters. The Balaban J connectivity index is 1.92. The van der Waals surface area contributed by atoms with Crippen LogP contribution in [0.3, 0.4) is 0 Å². The molecule has 1 aromatic heterocycles. The number of alkyl halides is 3. The maximum atomic E-state index is 12.9. The highest BCUT2D eigenvalue weighted by atomic mass is 19.4. The average molecular weight is 432 g/mol. The molecule has 0 saturated carbocycles. The predicted molar refractivity (Wildman–Crippen MR) is 98.9 cm³/mol. The van der Waals surface area contributed by atoms with Crippen LogP contribution in [0.4, 0.5) is 18.0 Å². The molecule has 1 amide bonds. The molecule has 1 aliphatic heterocycles. The first-order valence-electron chi connectivity index (χ1n) is 9.25. The van der Waals surface area contributed by atoms with Crippen LogP contribution >= 0.6 is 0 Å². The standard InChI is InChI=1S/C18H23F3N4O5/c1-17(2,3)30-16(27)25-6-4-11(5-7-25)9-28-14-10-29-13(8-12(14)26)15(23-24-22)18(19,20)21/h8,10-11,15H,4-7,9H2,1-3H3. The quantitative estimate of drug-likeness (QED) is 0.383. The summed E-state index contributed by atoms with van der Waals surface area (Å²) in [6, 6.07) is -1.99. The minimum absolute atomic E-state index is 0.0499. The Morgan fingerprint density at radius 2 is 2.00 bits per heavy atom. The van der Waals surface area contributed by atoms with Gasteiger partial charge in [-0.3, -0.25) is 4.79 Å². The number of ether oxygens (including phenoxy) is 2. The first kappa shape index (κ1) is 23.4. The molecule has 2 heterocycles. The molecule has 166 valence electrons. The number of amides is 1. The molecule has 30 heavy (non-hydrogen) atoms. The van der Waals surface area contributed by atoms with Crippen LogP contribution in [-0.4, -0.2) is 42.5 Å². The zero-order valence-electron chi connectivity index (χ0n) is 16.8. The van der Waals surface area contributed by atoms with Crippen molar-refractivity contribution in [1.82, 2.24) is 4.90 Å². The van der Waals surface area contributed by atoms with Gasteiger partial charge in [0.15, 0.2) is 6.04 Å². The van der Waals surface area contributed by atoms with E-state index in [2.05, 4.69) is 10.0 Å². The highest BCUT2D eigenvalue weighted by Gasteiger charge is 2.42. The van der Waals surface area contributed by atoms with Crippen LogP contribution in [-0.2, 0) is 4.74 Å². The van der Waals surface area contributed by atoms with E-state index in [-0.39, 0.29) is 18.3 Å². The van der Waals surface area contributed by atoms with Crippen molar-refractivity contribution >= 4 is 6.09 Å². The lowest BCUT2D eigenvalue weighted by atomic mass is 9.98. The number of likely N-dealkylation sites (tertiary alicyclic amines) is 1. The molecule has 9 nitrogen and oxygen atoms in total. The third-order valence-electron chi connectivity index (χ3n) is 4.31. The van der Waals surface area contributed by atoms with Crippen molar-refractivity contribution < 1.29 is 31.9 Å². The fourth-order valence-corrected chi connectivity index (χ4v) is 2.81. The van der Waals surface area contributed by atoms with E-state index >= 15 is 0 Å². The second kappa shape index (κ2) is 9.29. The molecule has 0 N–H and O–H groups in total. The van der Waals surface area contributed by atoms with E-state index in [4.69, 9.17) is 19.4 Å². The third kappa shape index (κ3) is 6.58. The Morgan fingerprint density at radius 3 is 2.50 bits per heavy atom. The van der Waals surface area contributed by atoms with Crippen molar-refractivity contribution in [2.75, 3.05) is 19.7 Å². The molecule has 0 radical (unpaired) electrons. The van der Waals surface area contributed by atoms with Gasteiger partial charge >= 0.3 is 12.3 Å². The van der Waals surface area contributed by atoms with Gasteiger partial charge in [-0.2, -0.15) is 13.2 Å². The van der Waals surface area contributed by atoms with Crippen LogP contribution in [0, 0.1) is 5.92 Å². The summed E-state index contributed by atoms with van der Waals surface area (Å²) in [6.07, 6.45) is -3.27. The molecule has 1 aliphatic rings. The Labute approximate surface area is 170 Å². The normalized spacial score (nSPS) is 16.5. The van der Waals surface area contributed by atoms with Crippen LogP contribution < -0.4 is 10.2 Å². The zero-order chi connectivity index (χ0) is 22.5. The van der Waals surface area contributed by atoms with Gasteiger partial charge in [-0.05, 0) is 45.1 Å². The first-order valence-corrected chi connectivity index (χ1v) is 9.25. The molecule has 12 heteroatoms. The summed E-state index contributed by atoms with van der Waals surface area (Å²) < 4.78 is 54.3. The van der Waals surface area contributed by atoms with Crippen molar-refractivity contribution in [1.29, 1.82) is 0 Å². The number of halogens is 3. The topological polar surface area (TPSA) is 118 Å². The number of azide groups is 1. The highest BCUT2D eigenvalue weighted by Crippen LogP contribution is 2.36. The summed E-state index contributed by atoms with van der Waals surface area (Å²) in [7, 11) is 0. The molecule has 2 rings (SSSR count). The van der Waals surface area contributed by atoms with Gasteiger partial charge in [-0.1, -0.05) is 5.11 Å². The number of rotatable bonds is 5. The van der Waals surface area contributed by atoms with E-state index in [1.165, 1.54) is 0 Å². The fraction of sp³-hybridized carbons (Fsp3) is 0.667. The molecule has 1 fully saturated rings. The van der Waals surface area contributed by atoms with E-state index < -0.39 is 35.1 Å². The van der Waals surface area contributed by atoms with Crippen LogP contribution in [0.1, 0.15) is 45.4 Å². The van der Waals surface area contributed by atoms with Gasteiger partial charge in [-0.25, -0.2) is 4.79 Å². The van der Waals surface area contributed by atoms with E-state index in [9.17, 15) is 22.8 Å². The zero-order valence-corrected chi connectivity index (χ0v) is 16.8. The Morgan fingerprint density at radius 1 is 1.37 bits per heavy atom. The van der Waals surface area contributed by atoms with Gasteiger partial charge < -0.3 is 18.8 Å². The summed E-state index contributed by atoms with van der Waals surface area (Å²) in [4.78, 5) is 27.9. The molecule has 0 spiro atoms. The van der Waals surface area contributed by atoms with Gasteiger partial charge in [0.1, 0.15) is 17.6 Å². The highest BCUT2D eigenvalue weighted by molar-refractivity contribution is 5.68. The first-order chi connectivity index (χ1) is 13.9. The number of hydrogen-bond acceptors (Lipinski definition) is 6. The van der Waals surface area contributed by atoms with Crippen LogP contribution in [0.25, 0.3) is 10.4 Å². The monoisotopic (exact) mass is 432 g/mol. The molecule has 1 saturated heterocycles. The smallest absolute Gasteiger partial charge is 0.410 e. The van der Waals surface area contributed by atoms with E-state index in [1.807, 2.05) is 0 Å². The maximum absolute atomic E-state index is 12.9. The SMILES string of the molecule is CC(C)(C)OC(=O)N1CCC(COc2coc(C(N=[N+]=[N-])C(F)(F)F)cc2=O)CC1. The van der Waals surface area contributed by atoms with Gasteiger partial charge in [0.25, 0.3) is 0 Å². The van der Waals surface area contributed by atoms with E-state index in [0.717, 1.165) is 6.26 Å². The predicted octanol–water partition coefficient (Wildman–Crippen LogP) is 4.58. The number of carbonyl (C=O) groups is 1.